The fourth-order valence-electron chi connectivity index (χ4n) is 3.55. The number of aromatic nitrogens is 2. The number of halogens is 1. The van der Waals surface area contributed by atoms with E-state index in [9.17, 15) is 5.11 Å². The number of hydrogen-bond acceptors (Lipinski definition) is 2. The molecule has 2 heterocycles. The monoisotopic (exact) mass is 381 g/mol. The molecule has 140 valence electrons. The minimum absolute atomic E-state index is 0. The minimum atomic E-state index is -0.116. The largest absolute Gasteiger partial charge is 0.859 e. The summed E-state index contributed by atoms with van der Waals surface area (Å²) in [6, 6.07) is 16.3. The fourth-order valence-corrected chi connectivity index (χ4v) is 3.55. The van der Waals surface area contributed by atoms with E-state index in [1.54, 1.807) is 0 Å². The van der Waals surface area contributed by atoms with E-state index in [4.69, 9.17) is 0 Å². The van der Waals surface area contributed by atoms with Crippen molar-refractivity contribution in [2.75, 3.05) is 0 Å². The predicted molar refractivity (Wildman–Crippen MR) is 109 cm³/mol. The van der Waals surface area contributed by atoms with Crippen molar-refractivity contribution in [3.63, 3.8) is 0 Å². The number of aliphatic imine (C=N–C) groups is 1. The summed E-state index contributed by atoms with van der Waals surface area (Å²) in [7, 11) is 0. The highest BCUT2D eigenvalue weighted by atomic mass is 35.5. The summed E-state index contributed by atoms with van der Waals surface area (Å²) in [6.45, 7) is 5.42. The van der Waals surface area contributed by atoms with Crippen molar-refractivity contribution in [1.29, 1.82) is 0 Å². The van der Waals surface area contributed by atoms with Crippen LogP contribution in [0.4, 0.5) is 5.69 Å². The van der Waals surface area contributed by atoms with E-state index < -0.39 is 0 Å². The standard InChI is InChI=1S/C22H23N3O.ClH/c1-16-5-9-18(10-6-16)20-14-24(22-4-3-13-25(20)22)15-21(26)23-19-11-7-17(2)8-12-19;/h5-12,14H,3-4,13,15H2,1-2H3;1H. The second-order valence-corrected chi connectivity index (χ2v) is 7.02. The molecule has 27 heavy (non-hydrogen) atoms. The lowest BCUT2D eigenvalue weighted by atomic mass is 10.1. The van der Waals surface area contributed by atoms with Crippen LogP contribution in [-0.4, -0.2) is 10.5 Å². The number of nitrogens with zero attached hydrogens (tertiary/aromatic N) is 3. The van der Waals surface area contributed by atoms with Crippen molar-refractivity contribution in [2.24, 2.45) is 4.99 Å². The molecule has 4 rings (SSSR count). The zero-order valence-corrected chi connectivity index (χ0v) is 16.5. The molecule has 4 nitrogen and oxygen atoms in total. The van der Waals surface area contributed by atoms with Crippen LogP contribution in [0.2, 0.25) is 0 Å². The van der Waals surface area contributed by atoms with E-state index in [0.29, 0.717) is 0 Å². The van der Waals surface area contributed by atoms with Crippen LogP contribution in [0.25, 0.3) is 11.3 Å². The average molecular weight is 382 g/mol. The Morgan fingerprint density at radius 3 is 2.33 bits per heavy atom. The van der Waals surface area contributed by atoms with Crippen LogP contribution < -0.4 is 9.67 Å². The maximum atomic E-state index is 12.5. The summed E-state index contributed by atoms with van der Waals surface area (Å²) in [6.07, 6.45) is 4.23. The molecule has 1 aliphatic rings. The van der Waals surface area contributed by atoms with Gasteiger partial charge in [0.2, 0.25) is 0 Å². The van der Waals surface area contributed by atoms with Crippen LogP contribution >= 0.6 is 12.4 Å². The molecule has 0 aliphatic carbocycles. The van der Waals surface area contributed by atoms with Gasteiger partial charge in [-0.25, -0.2) is 9.13 Å². The second kappa shape index (κ2) is 7.97. The quantitative estimate of drug-likeness (QED) is 0.387. The normalized spacial score (nSPS) is 13.3. The molecule has 0 spiro atoms. The third-order valence-corrected chi connectivity index (χ3v) is 4.93. The first-order chi connectivity index (χ1) is 12.6. The smallest absolute Gasteiger partial charge is 0.257 e. The maximum Gasteiger partial charge on any atom is 0.257 e. The maximum absolute atomic E-state index is 12.5. The molecule has 0 fully saturated rings. The molecule has 3 aromatic rings. The highest BCUT2D eigenvalue weighted by Crippen LogP contribution is 2.25. The Balaban J connectivity index is 0.00000210. The molecule has 1 aliphatic heterocycles. The Morgan fingerprint density at radius 2 is 1.67 bits per heavy atom. The number of fused-ring (bicyclic) bond motifs is 1. The molecular weight excluding hydrogens is 358 g/mol. The first kappa shape index (κ1) is 19.2. The Kier molecular flexibility index (Phi) is 5.66. The summed E-state index contributed by atoms with van der Waals surface area (Å²) >= 11 is 0. The van der Waals surface area contributed by atoms with Crippen molar-refractivity contribution in [3.8, 4) is 11.3 Å². The number of aryl methyl sites for hydroxylation is 2. The SMILES string of the molecule is Cc1ccc(N=C([O-])C[n+]2cc(-c3ccc(C)cc3)n3c2CCC3)cc1.Cl. The highest BCUT2D eigenvalue weighted by Gasteiger charge is 2.28. The molecule has 1 aromatic heterocycles. The van der Waals surface area contributed by atoms with E-state index in [0.717, 1.165) is 25.1 Å². The molecule has 0 unspecified atom stereocenters. The molecule has 0 bridgehead atoms. The summed E-state index contributed by atoms with van der Waals surface area (Å²) < 4.78 is 4.41. The van der Waals surface area contributed by atoms with Crippen LogP contribution in [-0.2, 0) is 19.5 Å². The van der Waals surface area contributed by atoms with Gasteiger partial charge in [0.15, 0.2) is 5.69 Å². The second-order valence-electron chi connectivity index (χ2n) is 7.02. The number of hydrogen-bond donors (Lipinski definition) is 0. The van der Waals surface area contributed by atoms with Gasteiger partial charge in [-0.15, -0.1) is 12.4 Å². The van der Waals surface area contributed by atoms with Crippen molar-refractivity contribution < 1.29 is 9.67 Å². The molecule has 0 amide bonds. The summed E-state index contributed by atoms with van der Waals surface area (Å²) in [4.78, 5) is 4.25. The van der Waals surface area contributed by atoms with Crippen LogP contribution in [0.15, 0.2) is 59.7 Å². The molecule has 0 atom stereocenters. The zero-order valence-electron chi connectivity index (χ0n) is 15.7. The summed E-state index contributed by atoms with van der Waals surface area (Å²) in [5.74, 6) is 1.10. The van der Waals surface area contributed by atoms with Crippen molar-refractivity contribution in [2.45, 2.75) is 39.8 Å². The van der Waals surface area contributed by atoms with Crippen LogP contribution in [0.5, 0.6) is 0 Å². The van der Waals surface area contributed by atoms with Gasteiger partial charge in [0.05, 0.1) is 18.7 Å². The number of benzene rings is 2. The molecule has 0 radical (unpaired) electrons. The molecule has 2 aromatic carbocycles. The summed E-state index contributed by atoms with van der Waals surface area (Å²) in [5.41, 5.74) is 5.51. The lowest BCUT2D eigenvalue weighted by Crippen LogP contribution is -2.43. The third kappa shape index (κ3) is 4.06. The van der Waals surface area contributed by atoms with Gasteiger partial charge in [0.1, 0.15) is 12.7 Å². The topological polar surface area (TPSA) is 44.2 Å². The van der Waals surface area contributed by atoms with E-state index >= 15 is 0 Å². The fraction of sp³-hybridized carbons (Fsp3) is 0.273. The molecule has 5 heteroatoms. The van der Waals surface area contributed by atoms with E-state index in [2.05, 4.69) is 51.5 Å². The van der Waals surface area contributed by atoms with Gasteiger partial charge in [-0.3, -0.25) is 4.99 Å². The molecular formula is C22H24ClN3O. The minimum Gasteiger partial charge on any atom is -0.859 e. The Bertz CT molecular complexity index is 956. The number of imidazole rings is 1. The van der Waals surface area contributed by atoms with E-state index in [1.165, 1.54) is 28.2 Å². The first-order valence-electron chi connectivity index (χ1n) is 9.10. The van der Waals surface area contributed by atoms with Crippen LogP contribution in [0.1, 0.15) is 23.4 Å². The Morgan fingerprint density at radius 1 is 1.04 bits per heavy atom. The Hall–Kier alpha value is -2.59. The lowest BCUT2D eigenvalue weighted by molar-refractivity contribution is -0.693. The third-order valence-electron chi connectivity index (χ3n) is 4.93. The molecule has 0 saturated heterocycles. The first-order valence-corrected chi connectivity index (χ1v) is 9.10. The zero-order chi connectivity index (χ0) is 18.1. The predicted octanol–water partition coefficient (Wildman–Crippen LogP) is 3.52. The van der Waals surface area contributed by atoms with Crippen LogP contribution in [0.3, 0.4) is 0 Å². The lowest BCUT2D eigenvalue weighted by Gasteiger charge is -2.09. The van der Waals surface area contributed by atoms with Crippen molar-refractivity contribution in [3.05, 3.63) is 71.7 Å². The van der Waals surface area contributed by atoms with Crippen molar-refractivity contribution in [1.82, 2.24) is 4.57 Å². The number of rotatable bonds is 4. The summed E-state index contributed by atoms with van der Waals surface area (Å²) in [5, 5.41) is 12.5. The van der Waals surface area contributed by atoms with Gasteiger partial charge < -0.3 is 5.11 Å². The van der Waals surface area contributed by atoms with Crippen LogP contribution in [0, 0.1) is 13.8 Å². The Labute approximate surface area is 166 Å². The van der Waals surface area contributed by atoms with Gasteiger partial charge >= 0.3 is 0 Å². The van der Waals surface area contributed by atoms with Gasteiger partial charge in [-0.05, 0) is 32.4 Å². The van der Waals surface area contributed by atoms with E-state index in [1.807, 2.05) is 31.2 Å². The van der Waals surface area contributed by atoms with Gasteiger partial charge in [-0.2, -0.15) is 0 Å². The van der Waals surface area contributed by atoms with E-state index in [-0.39, 0.29) is 24.8 Å². The average Bonchev–Trinajstić information content (AvgIpc) is 3.22. The molecule has 0 N–H and O–H groups in total. The van der Waals surface area contributed by atoms with Crippen molar-refractivity contribution >= 4 is 24.0 Å². The highest BCUT2D eigenvalue weighted by molar-refractivity contribution is 5.85. The van der Waals surface area contributed by atoms with Gasteiger partial charge in [0.25, 0.3) is 5.82 Å². The van der Waals surface area contributed by atoms with Gasteiger partial charge in [-0.1, -0.05) is 47.5 Å². The molecule has 0 saturated carbocycles. The van der Waals surface area contributed by atoms with Gasteiger partial charge in [0, 0.05) is 11.5 Å².